The van der Waals surface area contributed by atoms with Gasteiger partial charge in [-0.1, -0.05) is 23.4 Å². The topological polar surface area (TPSA) is 122 Å². The molecule has 1 aromatic carbocycles. The molecular formula is C16H13N9O2. The van der Waals surface area contributed by atoms with Crippen molar-refractivity contribution in [3.63, 3.8) is 0 Å². The van der Waals surface area contributed by atoms with Crippen LogP contribution in [-0.4, -0.2) is 44.7 Å². The highest BCUT2D eigenvalue weighted by Gasteiger charge is 2.20. The molecular weight excluding hydrogens is 350 g/mol. The van der Waals surface area contributed by atoms with E-state index in [2.05, 4.69) is 35.5 Å². The van der Waals surface area contributed by atoms with E-state index in [-0.39, 0.29) is 12.5 Å². The maximum Gasteiger partial charge on any atom is 0.297 e. The molecule has 0 aliphatic carbocycles. The van der Waals surface area contributed by atoms with Crippen molar-refractivity contribution in [2.75, 3.05) is 0 Å². The summed E-state index contributed by atoms with van der Waals surface area (Å²) in [6.45, 7) is 1.91. The van der Waals surface area contributed by atoms with Crippen LogP contribution in [0.1, 0.15) is 11.6 Å². The van der Waals surface area contributed by atoms with Gasteiger partial charge >= 0.3 is 0 Å². The Bertz CT molecular complexity index is 1270. The van der Waals surface area contributed by atoms with E-state index in [0.717, 1.165) is 10.8 Å². The van der Waals surface area contributed by atoms with Gasteiger partial charge in [0, 0.05) is 17.8 Å². The molecule has 0 aliphatic heterocycles. The summed E-state index contributed by atoms with van der Waals surface area (Å²) in [6, 6.07) is 7.66. The number of ether oxygens (including phenoxy) is 1. The molecule has 0 saturated carbocycles. The van der Waals surface area contributed by atoms with E-state index in [1.54, 1.807) is 25.0 Å². The Balaban J connectivity index is 1.66. The third-order valence-electron chi connectivity index (χ3n) is 3.93. The van der Waals surface area contributed by atoms with E-state index in [9.17, 15) is 0 Å². The SMILES string of the molecule is Cc1noc(-c2nnc3c4ccccc4c(OCc4ncn(C)n4)nn23)n1. The number of hydrogen-bond donors (Lipinski definition) is 0. The first-order valence-electron chi connectivity index (χ1n) is 8.11. The molecule has 0 unspecified atom stereocenters. The van der Waals surface area contributed by atoms with Crippen molar-refractivity contribution in [2.24, 2.45) is 7.05 Å². The van der Waals surface area contributed by atoms with Crippen LogP contribution < -0.4 is 4.74 Å². The van der Waals surface area contributed by atoms with E-state index < -0.39 is 0 Å². The molecule has 0 N–H and O–H groups in total. The van der Waals surface area contributed by atoms with Gasteiger partial charge in [-0.15, -0.1) is 15.3 Å². The Morgan fingerprint density at radius 2 is 1.96 bits per heavy atom. The van der Waals surface area contributed by atoms with Crippen LogP contribution in [0.15, 0.2) is 35.1 Å². The molecule has 0 fully saturated rings. The summed E-state index contributed by atoms with van der Waals surface area (Å²) in [7, 11) is 1.80. The minimum absolute atomic E-state index is 0.181. The molecule has 11 nitrogen and oxygen atoms in total. The van der Waals surface area contributed by atoms with E-state index in [1.165, 1.54) is 4.52 Å². The lowest BCUT2D eigenvalue weighted by Crippen LogP contribution is -2.05. The largest absolute Gasteiger partial charge is 0.468 e. The Labute approximate surface area is 151 Å². The summed E-state index contributed by atoms with van der Waals surface area (Å²) in [4.78, 5) is 8.37. The van der Waals surface area contributed by atoms with Crippen molar-refractivity contribution in [3.05, 3.63) is 42.2 Å². The molecule has 5 aromatic rings. The van der Waals surface area contributed by atoms with Crippen LogP contribution in [-0.2, 0) is 13.7 Å². The third kappa shape index (κ3) is 2.56. The summed E-state index contributed by atoms with van der Waals surface area (Å²) in [5.74, 6) is 2.04. The zero-order chi connectivity index (χ0) is 18.4. The molecule has 0 radical (unpaired) electrons. The highest BCUT2D eigenvalue weighted by molar-refractivity contribution is 5.96. The molecule has 0 bridgehead atoms. The number of benzene rings is 1. The molecule has 0 saturated heterocycles. The van der Waals surface area contributed by atoms with Gasteiger partial charge in [-0.3, -0.25) is 4.68 Å². The second-order valence-electron chi connectivity index (χ2n) is 5.88. The molecule has 4 aromatic heterocycles. The van der Waals surface area contributed by atoms with Gasteiger partial charge in [-0.05, 0) is 13.0 Å². The maximum atomic E-state index is 5.90. The fourth-order valence-electron chi connectivity index (χ4n) is 2.76. The lowest BCUT2D eigenvalue weighted by Gasteiger charge is -2.08. The Morgan fingerprint density at radius 3 is 2.70 bits per heavy atom. The van der Waals surface area contributed by atoms with E-state index in [1.807, 2.05) is 24.3 Å². The molecule has 0 spiro atoms. The zero-order valence-electron chi connectivity index (χ0n) is 14.4. The second-order valence-corrected chi connectivity index (χ2v) is 5.88. The van der Waals surface area contributed by atoms with Crippen molar-refractivity contribution in [3.8, 4) is 17.6 Å². The maximum absolute atomic E-state index is 5.90. The van der Waals surface area contributed by atoms with Gasteiger partial charge in [0.1, 0.15) is 6.33 Å². The molecule has 5 rings (SSSR count). The first-order valence-corrected chi connectivity index (χ1v) is 8.11. The summed E-state index contributed by atoms with van der Waals surface area (Å²) in [5, 5.41) is 22.6. The smallest absolute Gasteiger partial charge is 0.297 e. The average molecular weight is 363 g/mol. The van der Waals surface area contributed by atoms with Gasteiger partial charge in [0.2, 0.25) is 11.7 Å². The highest BCUT2D eigenvalue weighted by Crippen LogP contribution is 2.28. The van der Waals surface area contributed by atoms with Crippen LogP contribution in [0.2, 0.25) is 0 Å². The summed E-state index contributed by atoms with van der Waals surface area (Å²) < 4.78 is 14.3. The minimum atomic E-state index is 0.181. The quantitative estimate of drug-likeness (QED) is 0.465. The number of nitrogens with zero attached hydrogens (tertiary/aromatic N) is 9. The van der Waals surface area contributed by atoms with Crippen molar-refractivity contribution in [2.45, 2.75) is 13.5 Å². The average Bonchev–Trinajstić information content (AvgIpc) is 3.39. The van der Waals surface area contributed by atoms with Crippen molar-refractivity contribution < 1.29 is 9.26 Å². The normalized spacial score (nSPS) is 11.5. The minimum Gasteiger partial charge on any atom is -0.468 e. The van der Waals surface area contributed by atoms with Crippen LogP contribution in [0.4, 0.5) is 0 Å². The van der Waals surface area contributed by atoms with Crippen LogP contribution >= 0.6 is 0 Å². The first kappa shape index (κ1) is 15.4. The monoisotopic (exact) mass is 363 g/mol. The van der Waals surface area contributed by atoms with Gasteiger partial charge in [0.15, 0.2) is 23.9 Å². The molecule has 4 heterocycles. The Hall–Kier alpha value is -3.89. The lowest BCUT2D eigenvalue weighted by molar-refractivity contribution is 0.283. The fourth-order valence-corrected chi connectivity index (χ4v) is 2.76. The number of rotatable bonds is 4. The number of fused-ring (bicyclic) bond motifs is 3. The fraction of sp³-hybridized carbons (Fsp3) is 0.188. The third-order valence-corrected chi connectivity index (χ3v) is 3.93. The van der Waals surface area contributed by atoms with Crippen LogP contribution in [0.25, 0.3) is 28.1 Å². The number of aryl methyl sites for hydroxylation is 2. The molecule has 0 amide bonds. The van der Waals surface area contributed by atoms with Crippen molar-refractivity contribution in [1.82, 2.24) is 44.7 Å². The second kappa shape index (κ2) is 5.83. The number of hydrogen-bond acceptors (Lipinski definition) is 9. The standard InChI is InChI=1S/C16H13N9O2/c1-9-18-16(27-23-9)14-20-19-13-10-5-3-4-6-11(10)15(22-25(13)14)26-7-12-17-8-24(2)21-12/h3-6,8H,7H2,1-2H3. The zero-order valence-corrected chi connectivity index (χ0v) is 14.4. The van der Waals surface area contributed by atoms with Crippen molar-refractivity contribution >= 4 is 16.4 Å². The first-order chi connectivity index (χ1) is 13.2. The highest BCUT2D eigenvalue weighted by atomic mass is 16.5. The summed E-state index contributed by atoms with van der Waals surface area (Å²) >= 11 is 0. The van der Waals surface area contributed by atoms with E-state index in [4.69, 9.17) is 9.26 Å². The lowest BCUT2D eigenvalue weighted by atomic mass is 10.2. The molecule has 27 heavy (non-hydrogen) atoms. The summed E-state index contributed by atoms with van der Waals surface area (Å²) in [5.41, 5.74) is 0.569. The van der Waals surface area contributed by atoms with E-state index >= 15 is 0 Å². The van der Waals surface area contributed by atoms with Crippen LogP contribution in [0.3, 0.4) is 0 Å². The predicted molar refractivity (Wildman–Crippen MR) is 91.7 cm³/mol. The summed E-state index contributed by atoms with van der Waals surface area (Å²) in [6.07, 6.45) is 1.61. The Kier molecular flexibility index (Phi) is 3.32. The molecule has 0 aliphatic rings. The van der Waals surface area contributed by atoms with Crippen LogP contribution in [0.5, 0.6) is 5.88 Å². The van der Waals surface area contributed by atoms with E-state index in [0.29, 0.717) is 29.0 Å². The van der Waals surface area contributed by atoms with Crippen LogP contribution in [0, 0.1) is 6.92 Å². The molecule has 134 valence electrons. The van der Waals surface area contributed by atoms with Gasteiger partial charge < -0.3 is 9.26 Å². The van der Waals surface area contributed by atoms with Gasteiger partial charge in [0.25, 0.3) is 5.89 Å². The Morgan fingerprint density at radius 1 is 1.11 bits per heavy atom. The van der Waals surface area contributed by atoms with Gasteiger partial charge in [-0.2, -0.15) is 14.6 Å². The molecule has 0 atom stereocenters. The number of aromatic nitrogens is 9. The van der Waals surface area contributed by atoms with Gasteiger partial charge in [0.05, 0.1) is 0 Å². The van der Waals surface area contributed by atoms with Gasteiger partial charge in [-0.25, -0.2) is 4.98 Å². The van der Waals surface area contributed by atoms with Crippen molar-refractivity contribution in [1.29, 1.82) is 0 Å². The molecule has 11 heteroatoms. The predicted octanol–water partition coefficient (Wildman–Crippen LogP) is 1.34.